The van der Waals surface area contributed by atoms with Gasteiger partial charge in [0.2, 0.25) is 0 Å². The first-order chi connectivity index (χ1) is 8.57. The summed E-state index contributed by atoms with van der Waals surface area (Å²) in [5.74, 6) is -0.694. The molecule has 18 heavy (non-hydrogen) atoms. The number of halogens is 1. The minimum atomic E-state index is -0.764. The van der Waals surface area contributed by atoms with Crippen molar-refractivity contribution in [2.45, 2.75) is 18.8 Å². The number of carboxylic acids is 1. The highest BCUT2D eigenvalue weighted by molar-refractivity contribution is 6.32. The average molecular weight is 268 g/mol. The van der Waals surface area contributed by atoms with E-state index in [-0.39, 0.29) is 5.41 Å². The second-order valence-corrected chi connectivity index (χ2v) is 5.47. The lowest BCUT2D eigenvalue weighted by Gasteiger charge is -2.32. The third-order valence-corrected chi connectivity index (χ3v) is 4.31. The summed E-state index contributed by atoms with van der Waals surface area (Å²) in [6, 6.07) is 3.50. The number of carbonyl (C=O) groups is 1. The Bertz CT molecular complexity index is 525. The van der Waals surface area contributed by atoms with Crippen LogP contribution in [0, 0.1) is 5.41 Å². The van der Waals surface area contributed by atoms with Crippen molar-refractivity contribution in [3.05, 3.63) is 22.7 Å². The normalized spacial score (nSPS) is 23.1. The highest BCUT2D eigenvalue weighted by Gasteiger charge is 2.55. The van der Waals surface area contributed by atoms with E-state index in [0.29, 0.717) is 17.3 Å². The van der Waals surface area contributed by atoms with Crippen molar-refractivity contribution < 1.29 is 14.6 Å². The maximum Gasteiger partial charge on any atom is 0.311 e. The van der Waals surface area contributed by atoms with Gasteiger partial charge in [0.15, 0.2) is 0 Å². The number of carboxylic acid groups (broad SMARTS) is 1. The number of methoxy groups -OCH3 is 1. The Kier molecular flexibility index (Phi) is 2.45. The third kappa shape index (κ3) is 1.56. The summed E-state index contributed by atoms with van der Waals surface area (Å²) >= 11 is 6.06. The summed E-state index contributed by atoms with van der Waals surface area (Å²) in [7, 11) is 1.53. The van der Waals surface area contributed by atoms with Crippen molar-refractivity contribution in [2.75, 3.05) is 19.0 Å². The molecule has 2 aliphatic rings. The molecule has 0 bridgehead atoms. The minimum absolute atomic E-state index is 0.113. The maximum atomic E-state index is 11.6. The summed E-state index contributed by atoms with van der Waals surface area (Å²) in [6.45, 7) is 0.708. The Labute approximate surface area is 110 Å². The van der Waals surface area contributed by atoms with Crippen molar-refractivity contribution >= 4 is 23.3 Å². The molecule has 0 saturated heterocycles. The Morgan fingerprint density at radius 3 is 2.83 bits per heavy atom. The number of ether oxygens (including phenoxy) is 1. The van der Waals surface area contributed by atoms with E-state index in [9.17, 15) is 9.90 Å². The lowest BCUT2D eigenvalue weighted by Crippen LogP contribution is -2.34. The molecule has 1 fully saturated rings. The topological polar surface area (TPSA) is 58.6 Å². The number of rotatable bonds is 2. The van der Waals surface area contributed by atoms with Crippen molar-refractivity contribution in [3.63, 3.8) is 0 Å². The summed E-state index contributed by atoms with van der Waals surface area (Å²) in [4.78, 5) is 11.6. The quantitative estimate of drug-likeness (QED) is 0.865. The van der Waals surface area contributed by atoms with Gasteiger partial charge in [-0.1, -0.05) is 11.6 Å². The number of aliphatic carboxylic acids is 1. The van der Waals surface area contributed by atoms with Gasteiger partial charge in [-0.2, -0.15) is 0 Å². The number of fused-ring (bicyclic) bond motifs is 1. The molecule has 96 valence electrons. The first-order valence-electron chi connectivity index (χ1n) is 5.91. The summed E-state index contributed by atoms with van der Waals surface area (Å²) in [5, 5.41) is 13.3. The zero-order valence-electron chi connectivity index (χ0n) is 10.00. The molecular weight excluding hydrogens is 254 g/mol. The maximum absolute atomic E-state index is 11.6. The molecular formula is C13H14ClNO3. The van der Waals surface area contributed by atoms with Crippen LogP contribution in [0.25, 0.3) is 0 Å². The Morgan fingerprint density at radius 2 is 2.28 bits per heavy atom. The van der Waals surface area contributed by atoms with Crippen molar-refractivity contribution in [1.29, 1.82) is 0 Å². The molecule has 1 saturated carbocycles. The first-order valence-corrected chi connectivity index (χ1v) is 6.29. The van der Waals surface area contributed by atoms with E-state index in [0.717, 1.165) is 24.1 Å². The lowest BCUT2D eigenvalue weighted by atomic mass is 9.79. The SMILES string of the molecule is COc1cc2c(cc1Cl)NCC1(CC1)C2C(=O)O. The van der Waals surface area contributed by atoms with E-state index in [1.165, 1.54) is 7.11 Å². The van der Waals surface area contributed by atoms with Gasteiger partial charge >= 0.3 is 5.97 Å². The molecule has 1 aliphatic carbocycles. The Balaban J connectivity index is 2.13. The van der Waals surface area contributed by atoms with Crippen LogP contribution < -0.4 is 10.1 Å². The zero-order chi connectivity index (χ0) is 12.9. The molecule has 1 aliphatic heterocycles. The molecule has 1 aromatic carbocycles. The fourth-order valence-corrected chi connectivity index (χ4v) is 3.08. The van der Waals surface area contributed by atoms with Crippen molar-refractivity contribution in [1.82, 2.24) is 0 Å². The average Bonchev–Trinajstić information content (AvgIpc) is 3.08. The summed E-state index contributed by atoms with van der Waals surface area (Å²) in [5.41, 5.74) is 1.48. The van der Waals surface area contributed by atoms with Crippen LogP contribution in [0.3, 0.4) is 0 Å². The highest BCUT2D eigenvalue weighted by Crippen LogP contribution is 2.60. The van der Waals surface area contributed by atoms with Gasteiger partial charge in [-0.3, -0.25) is 4.79 Å². The van der Waals surface area contributed by atoms with Crippen LogP contribution in [0.1, 0.15) is 24.3 Å². The van der Waals surface area contributed by atoms with Gasteiger partial charge in [-0.25, -0.2) is 0 Å². The second kappa shape index (κ2) is 3.79. The standard InChI is InChI=1S/C13H14ClNO3/c1-18-10-4-7-9(5-8(10)14)15-6-13(2-3-13)11(7)12(16)17/h4-5,11,15H,2-3,6H2,1H3,(H,16,17). The molecule has 0 aromatic heterocycles. The number of benzene rings is 1. The molecule has 1 spiro atoms. The van der Waals surface area contributed by atoms with Crippen LogP contribution in [0.5, 0.6) is 5.75 Å². The molecule has 1 heterocycles. The number of hydrogen-bond acceptors (Lipinski definition) is 3. The van der Waals surface area contributed by atoms with Gasteiger partial charge < -0.3 is 15.2 Å². The van der Waals surface area contributed by atoms with E-state index < -0.39 is 11.9 Å². The van der Waals surface area contributed by atoms with Crippen LogP contribution in [0.2, 0.25) is 5.02 Å². The smallest absolute Gasteiger partial charge is 0.311 e. The van der Waals surface area contributed by atoms with Crippen LogP contribution in [0.15, 0.2) is 12.1 Å². The number of nitrogens with one attached hydrogen (secondary N) is 1. The minimum Gasteiger partial charge on any atom is -0.495 e. The largest absolute Gasteiger partial charge is 0.495 e. The zero-order valence-corrected chi connectivity index (χ0v) is 10.8. The van der Waals surface area contributed by atoms with Gasteiger partial charge in [-0.05, 0) is 30.5 Å². The third-order valence-electron chi connectivity index (χ3n) is 4.02. The second-order valence-electron chi connectivity index (χ2n) is 5.06. The summed E-state index contributed by atoms with van der Waals surface area (Å²) < 4.78 is 5.18. The van der Waals surface area contributed by atoms with E-state index in [1.807, 2.05) is 0 Å². The lowest BCUT2D eigenvalue weighted by molar-refractivity contribution is -0.140. The highest BCUT2D eigenvalue weighted by atomic mass is 35.5. The van der Waals surface area contributed by atoms with Gasteiger partial charge in [0.25, 0.3) is 0 Å². The predicted molar refractivity (Wildman–Crippen MR) is 68.5 cm³/mol. The van der Waals surface area contributed by atoms with Gasteiger partial charge in [0.05, 0.1) is 18.1 Å². The molecule has 1 unspecified atom stereocenters. The molecule has 5 heteroatoms. The van der Waals surface area contributed by atoms with Crippen molar-refractivity contribution in [2.24, 2.45) is 5.41 Å². The molecule has 2 N–H and O–H groups in total. The first kappa shape index (κ1) is 11.7. The molecule has 1 atom stereocenters. The monoisotopic (exact) mass is 267 g/mol. The molecule has 0 amide bonds. The molecule has 0 radical (unpaired) electrons. The molecule has 4 nitrogen and oxygen atoms in total. The van der Waals surface area contributed by atoms with Gasteiger partial charge in [-0.15, -0.1) is 0 Å². The summed E-state index contributed by atoms with van der Waals surface area (Å²) in [6.07, 6.45) is 1.92. The van der Waals surface area contributed by atoms with E-state index in [4.69, 9.17) is 16.3 Å². The van der Waals surface area contributed by atoms with E-state index >= 15 is 0 Å². The van der Waals surface area contributed by atoms with Gasteiger partial charge in [0, 0.05) is 17.6 Å². The Hall–Kier alpha value is -1.42. The Morgan fingerprint density at radius 1 is 1.56 bits per heavy atom. The number of hydrogen-bond donors (Lipinski definition) is 2. The van der Waals surface area contributed by atoms with Crippen LogP contribution in [-0.2, 0) is 4.79 Å². The van der Waals surface area contributed by atoms with Crippen LogP contribution in [-0.4, -0.2) is 24.7 Å². The van der Waals surface area contributed by atoms with Gasteiger partial charge in [0.1, 0.15) is 5.75 Å². The molecule has 3 rings (SSSR count). The van der Waals surface area contributed by atoms with Crippen molar-refractivity contribution in [3.8, 4) is 5.75 Å². The van der Waals surface area contributed by atoms with E-state index in [1.54, 1.807) is 12.1 Å². The number of anilines is 1. The predicted octanol–water partition coefficient (Wildman–Crippen LogP) is 2.72. The fourth-order valence-electron chi connectivity index (χ4n) is 2.84. The van der Waals surface area contributed by atoms with Crippen LogP contribution in [0.4, 0.5) is 5.69 Å². The van der Waals surface area contributed by atoms with Crippen LogP contribution >= 0.6 is 11.6 Å². The molecule has 1 aromatic rings. The fraction of sp³-hybridized carbons (Fsp3) is 0.462. The van der Waals surface area contributed by atoms with E-state index in [2.05, 4.69) is 5.32 Å².